The van der Waals surface area contributed by atoms with Gasteiger partial charge >= 0.3 is 0 Å². The zero-order valence-corrected chi connectivity index (χ0v) is 11.3. The van der Waals surface area contributed by atoms with Crippen molar-refractivity contribution in [3.05, 3.63) is 29.6 Å². The summed E-state index contributed by atoms with van der Waals surface area (Å²) in [4.78, 5) is 16.3. The van der Waals surface area contributed by atoms with Crippen LogP contribution in [0.25, 0.3) is 0 Å². The van der Waals surface area contributed by atoms with Gasteiger partial charge < -0.3 is 5.32 Å². The van der Waals surface area contributed by atoms with Crippen molar-refractivity contribution in [2.24, 2.45) is 5.92 Å². The summed E-state index contributed by atoms with van der Waals surface area (Å²) >= 11 is 0. The van der Waals surface area contributed by atoms with E-state index in [0.29, 0.717) is 23.9 Å². The van der Waals surface area contributed by atoms with Gasteiger partial charge in [-0.2, -0.15) is 0 Å². The number of aromatic nitrogens is 1. The third kappa shape index (κ3) is 3.31. The Morgan fingerprint density at radius 3 is 2.67 bits per heavy atom. The number of carbonyl (C=O) groups is 1. The van der Waals surface area contributed by atoms with Crippen LogP contribution in [0.5, 0.6) is 0 Å². The first-order valence-corrected chi connectivity index (χ1v) is 6.91. The van der Waals surface area contributed by atoms with Gasteiger partial charge in [-0.1, -0.05) is 26.7 Å². The summed E-state index contributed by atoms with van der Waals surface area (Å²) in [6.07, 6.45) is 6.81. The maximum Gasteiger partial charge on any atom is 0.252 e. The Balaban J connectivity index is 1.96. The molecule has 0 bridgehead atoms. The Morgan fingerprint density at radius 1 is 1.39 bits per heavy atom. The number of nitrogens with zero attached hydrogens (tertiary/aromatic N) is 1. The first-order valence-electron chi connectivity index (χ1n) is 6.91. The van der Waals surface area contributed by atoms with Crippen LogP contribution in [0.4, 0.5) is 0 Å². The van der Waals surface area contributed by atoms with Crippen molar-refractivity contribution in [2.45, 2.75) is 45.4 Å². The minimum absolute atomic E-state index is 0.0193. The fourth-order valence-electron chi connectivity index (χ4n) is 2.40. The lowest BCUT2D eigenvalue weighted by Crippen LogP contribution is -2.27. The van der Waals surface area contributed by atoms with Crippen molar-refractivity contribution in [1.82, 2.24) is 10.3 Å². The topological polar surface area (TPSA) is 42.0 Å². The minimum atomic E-state index is -0.0193. The summed E-state index contributed by atoms with van der Waals surface area (Å²) in [5.41, 5.74) is 1.81. The predicted molar refractivity (Wildman–Crippen MR) is 72.6 cm³/mol. The molecular weight excluding hydrogens is 224 g/mol. The number of pyridine rings is 1. The van der Waals surface area contributed by atoms with Crippen LogP contribution in [-0.2, 0) is 0 Å². The molecule has 0 saturated heterocycles. The predicted octanol–water partition coefficient (Wildman–Crippen LogP) is 3.13. The van der Waals surface area contributed by atoms with Crippen molar-refractivity contribution in [2.75, 3.05) is 6.54 Å². The van der Waals surface area contributed by atoms with Gasteiger partial charge in [-0.15, -0.1) is 0 Å². The lowest BCUT2D eigenvalue weighted by molar-refractivity contribution is 0.0948. The fraction of sp³-hybridized carbons (Fsp3) is 0.600. The van der Waals surface area contributed by atoms with Gasteiger partial charge in [-0.05, 0) is 30.9 Å². The molecule has 1 aromatic rings. The van der Waals surface area contributed by atoms with Gasteiger partial charge in [0.25, 0.3) is 5.91 Å². The number of nitrogens with one attached hydrogen (secondary N) is 1. The molecular formula is C15H22N2O. The second-order valence-electron chi connectivity index (χ2n) is 5.56. The Labute approximate surface area is 109 Å². The average Bonchev–Trinajstić information content (AvgIpc) is 2.90. The molecule has 0 radical (unpaired) electrons. The lowest BCUT2D eigenvalue weighted by atomic mass is 10.0. The summed E-state index contributed by atoms with van der Waals surface area (Å²) in [5, 5.41) is 2.91. The molecule has 3 heteroatoms. The van der Waals surface area contributed by atoms with E-state index in [9.17, 15) is 4.79 Å². The standard InChI is InChI=1S/C15H22N2O/c1-11(2)9-17-15(18)13-7-8-14(16-10-13)12-5-3-4-6-12/h7-8,10-12H,3-6,9H2,1-2H3,(H,17,18). The maximum atomic E-state index is 11.8. The molecule has 98 valence electrons. The van der Waals surface area contributed by atoms with E-state index in [2.05, 4.69) is 24.1 Å². The van der Waals surface area contributed by atoms with Crippen molar-refractivity contribution >= 4 is 5.91 Å². The normalized spacial score (nSPS) is 16.2. The summed E-state index contributed by atoms with van der Waals surface area (Å²) in [5.74, 6) is 1.06. The van der Waals surface area contributed by atoms with Crippen molar-refractivity contribution < 1.29 is 4.79 Å². The first kappa shape index (κ1) is 13.1. The van der Waals surface area contributed by atoms with Crippen LogP contribution in [0.2, 0.25) is 0 Å². The van der Waals surface area contributed by atoms with Gasteiger partial charge in [-0.25, -0.2) is 0 Å². The molecule has 1 N–H and O–H groups in total. The highest BCUT2D eigenvalue weighted by molar-refractivity contribution is 5.93. The van der Waals surface area contributed by atoms with Gasteiger partial charge in [0.2, 0.25) is 0 Å². The summed E-state index contributed by atoms with van der Waals surface area (Å²) < 4.78 is 0. The molecule has 1 aromatic heterocycles. The molecule has 1 saturated carbocycles. The second-order valence-corrected chi connectivity index (χ2v) is 5.56. The number of rotatable bonds is 4. The molecule has 3 nitrogen and oxygen atoms in total. The molecule has 1 amide bonds. The minimum Gasteiger partial charge on any atom is -0.352 e. The molecule has 0 atom stereocenters. The Bertz CT molecular complexity index is 391. The van der Waals surface area contributed by atoms with Crippen LogP contribution in [0.15, 0.2) is 18.3 Å². The zero-order valence-electron chi connectivity index (χ0n) is 11.3. The molecule has 1 fully saturated rings. The highest BCUT2D eigenvalue weighted by atomic mass is 16.1. The third-order valence-electron chi connectivity index (χ3n) is 3.49. The lowest BCUT2D eigenvalue weighted by Gasteiger charge is -2.10. The molecule has 1 heterocycles. The zero-order chi connectivity index (χ0) is 13.0. The molecule has 0 unspecified atom stereocenters. The van der Waals surface area contributed by atoms with E-state index in [1.54, 1.807) is 6.20 Å². The van der Waals surface area contributed by atoms with Crippen LogP contribution < -0.4 is 5.32 Å². The molecule has 0 aromatic carbocycles. The summed E-state index contributed by atoms with van der Waals surface area (Å²) in [7, 11) is 0. The highest BCUT2D eigenvalue weighted by Gasteiger charge is 2.18. The Kier molecular flexibility index (Phi) is 4.34. The largest absolute Gasteiger partial charge is 0.352 e. The van der Waals surface area contributed by atoms with E-state index in [4.69, 9.17) is 0 Å². The van der Waals surface area contributed by atoms with E-state index in [-0.39, 0.29) is 5.91 Å². The van der Waals surface area contributed by atoms with Gasteiger partial charge in [0, 0.05) is 24.4 Å². The van der Waals surface area contributed by atoms with Crippen LogP contribution in [0.3, 0.4) is 0 Å². The maximum absolute atomic E-state index is 11.8. The fourth-order valence-corrected chi connectivity index (χ4v) is 2.40. The molecule has 2 rings (SSSR count). The van der Waals surface area contributed by atoms with Crippen LogP contribution in [0.1, 0.15) is 61.5 Å². The molecule has 18 heavy (non-hydrogen) atoms. The third-order valence-corrected chi connectivity index (χ3v) is 3.49. The van der Waals surface area contributed by atoms with E-state index in [0.717, 1.165) is 5.69 Å². The van der Waals surface area contributed by atoms with Crippen molar-refractivity contribution in [3.8, 4) is 0 Å². The SMILES string of the molecule is CC(C)CNC(=O)c1ccc(C2CCCC2)nc1. The van der Waals surface area contributed by atoms with Gasteiger partial charge in [0.05, 0.1) is 5.56 Å². The van der Waals surface area contributed by atoms with Gasteiger partial charge in [0.1, 0.15) is 0 Å². The molecule has 0 aliphatic heterocycles. The highest BCUT2D eigenvalue weighted by Crippen LogP contribution is 2.32. The summed E-state index contributed by atoms with van der Waals surface area (Å²) in [6, 6.07) is 3.91. The van der Waals surface area contributed by atoms with Crippen LogP contribution in [0, 0.1) is 5.92 Å². The van der Waals surface area contributed by atoms with Crippen molar-refractivity contribution in [1.29, 1.82) is 0 Å². The number of carbonyl (C=O) groups excluding carboxylic acids is 1. The van der Waals surface area contributed by atoms with Gasteiger partial charge in [0.15, 0.2) is 0 Å². The van der Waals surface area contributed by atoms with Crippen LogP contribution in [-0.4, -0.2) is 17.4 Å². The summed E-state index contributed by atoms with van der Waals surface area (Å²) in [6.45, 7) is 4.88. The number of hydrogen-bond donors (Lipinski definition) is 1. The smallest absolute Gasteiger partial charge is 0.252 e. The molecule has 0 spiro atoms. The number of hydrogen-bond acceptors (Lipinski definition) is 2. The first-order chi connectivity index (χ1) is 8.66. The second kappa shape index (κ2) is 5.98. The van der Waals surface area contributed by atoms with Gasteiger partial charge in [-0.3, -0.25) is 9.78 Å². The quantitative estimate of drug-likeness (QED) is 0.887. The number of amides is 1. The van der Waals surface area contributed by atoms with E-state index in [1.807, 2.05) is 12.1 Å². The van der Waals surface area contributed by atoms with E-state index < -0.39 is 0 Å². The van der Waals surface area contributed by atoms with Crippen molar-refractivity contribution in [3.63, 3.8) is 0 Å². The molecule has 1 aliphatic rings. The monoisotopic (exact) mass is 246 g/mol. The average molecular weight is 246 g/mol. The van der Waals surface area contributed by atoms with Crippen LogP contribution >= 0.6 is 0 Å². The van der Waals surface area contributed by atoms with E-state index >= 15 is 0 Å². The Hall–Kier alpha value is -1.38. The van der Waals surface area contributed by atoms with E-state index in [1.165, 1.54) is 25.7 Å². The Morgan fingerprint density at radius 2 is 2.11 bits per heavy atom. The molecule has 1 aliphatic carbocycles.